The van der Waals surface area contributed by atoms with E-state index in [0.717, 1.165) is 5.56 Å². The Hall–Kier alpha value is -2.37. The highest BCUT2D eigenvalue weighted by molar-refractivity contribution is 5.98. The second-order valence-electron chi connectivity index (χ2n) is 7.59. The molecule has 1 saturated heterocycles. The van der Waals surface area contributed by atoms with Gasteiger partial charge in [0.05, 0.1) is 13.0 Å². The molecule has 1 aliphatic rings. The maximum Gasteiger partial charge on any atom is 0.308 e. The van der Waals surface area contributed by atoms with Gasteiger partial charge < -0.3 is 15.0 Å². The molecule has 0 saturated carbocycles. The quantitative estimate of drug-likeness (QED) is 0.777. The molecule has 1 unspecified atom stereocenters. The average Bonchev–Trinajstić information content (AvgIpc) is 2.66. The fourth-order valence-corrected chi connectivity index (χ4v) is 3.48. The molecule has 0 aliphatic carbocycles. The van der Waals surface area contributed by atoms with Crippen molar-refractivity contribution in [1.29, 1.82) is 0 Å². The van der Waals surface area contributed by atoms with Crippen molar-refractivity contribution < 1.29 is 19.1 Å². The number of nitrogens with zero attached hydrogens (tertiary/aromatic N) is 1. The number of hydrogen-bond donors (Lipinski definition) is 1. The number of carbonyl (C=O) groups is 3. The van der Waals surface area contributed by atoms with Gasteiger partial charge in [-0.3, -0.25) is 14.4 Å². The second kappa shape index (κ2) is 9.53. The van der Waals surface area contributed by atoms with Crippen molar-refractivity contribution >= 4 is 17.8 Å². The van der Waals surface area contributed by atoms with E-state index < -0.39 is 6.04 Å². The number of carbonyl (C=O) groups excluding carboxylic acids is 3. The largest absolute Gasteiger partial charge is 0.469 e. The Labute approximate surface area is 161 Å². The fourth-order valence-electron chi connectivity index (χ4n) is 3.48. The van der Waals surface area contributed by atoms with Gasteiger partial charge in [0.15, 0.2) is 0 Å². The highest BCUT2D eigenvalue weighted by Gasteiger charge is 2.32. The van der Waals surface area contributed by atoms with E-state index in [1.165, 1.54) is 7.11 Å². The second-order valence-corrected chi connectivity index (χ2v) is 7.59. The molecule has 1 N–H and O–H groups in total. The predicted octanol–water partition coefficient (Wildman–Crippen LogP) is 2.55. The molecule has 1 aliphatic heterocycles. The summed E-state index contributed by atoms with van der Waals surface area (Å²) in [6, 6.07) is 6.79. The molecule has 1 aromatic carbocycles. The van der Waals surface area contributed by atoms with Crippen LogP contribution in [0.15, 0.2) is 24.3 Å². The van der Waals surface area contributed by atoms with E-state index in [1.54, 1.807) is 11.0 Å². The van der Waals surface area contributed by atoms with Crippen LogP contribution in [0.4, 0.5) is 0 Å². The molecular weight excluding hydrogens is 344 g/mol. The van der Waals surface area contributed by atoms with E-state index in [1.807, 2.05) is 39.0 Å². The normalized spacial score (nSPS) is 16.1. The summed E-state index contributed by atoms with van der Waals surface area (Å²) in [5.74, 6) is -0.396. The van der Waals surface area contributed by atoms with Gasteiger partial charge in [0, 0.05) is 18.7 Å². The zero-order valence-electron chi connectivity index (χ0n) is 16.7. The van der Waals surface area contributed by atoms with Gasteiger partial charge in [-0.15, -0.1) is 0 Å². The number of rotatable bonds is 6. The molecule has 1 fully saturated rings. The van der Waals surface area contributed by atoms with Crippen molar-refractivity contribution in [3.63, 3.8) is 0 Å². The van der Waals surface area contributed by atoms with Crippen LogP contribution in [0.25, 0.3) is 0 Å². The van der Waals surface area contributed by atoms with Crippen LogP contribution in [0.3, 0.4) is 0 Å². The molecule has 1 atom stereocenters. The summed E-state index contributed by atoms with van der Waals surface area (Å²) in [5.41, 5.74) is 1.47. The van der Waals surface area contributed by atoms with Gasteiger partial charge in [0.25, 0.3) is 5.91 Å². The summed E-state index contributed by atoms with van der Waals surface area (Å²) in [5, 5.41) is 2.93. The molecule has 2 amide bonds. The Balaban J connectivity index is 2.05. The third kappa shape index (κ3) is 5.55. The van der Waals surface area contributed by atoms with Crippen LogP contribution in [0.5, 0.6) is 0 Å². The van der Waals surface area contributed by atoms with Gasteiger partial charge in [0.2, 0.25) is 5.91 Å². The van der Waals surface area contributed by atoms with Gasteiger partial charge in [0.1, 0.15) is 6.04 Å². The SMILES string of the molecule is COC(=O)C1CCN(C(=O)C(CC(C)C)NC(=O)c2ccccc2C)CC1. The Kier molecular flexibility index (Phi) is 7.39. The molecule has 1 aromatic rings. The smallest absolute Gasteiger partial charge is 0.308 e. The van der Waals surface area contributed by atoms with E-state index >= 15 is 0 Å². The van der Waals surface area contributed by atoms with E-state index in [-0.39, 0.29) is 29.6 Å². The van der Waals surface area contributed by atoms with Crippen LogP contribution >= 0.6 is 0 Å². The summed E-state index contributed by atoms with van der Waals surface area (Å²) < 4.78 is 4.80. The zero-order valence-corrected chi connectivity index (χ0v) is 16.7. The summed E-state index contributed by atoms with van der Waals surface area (Å²) >= 11 is 0. The van der Waals surface area contributed by atoms with Crippen LogP contribution in [-0.2, 0) is 14.3 Å². The maximum absolute atomic E-state index is 13.0. The number of piperidine rings is 1. The number of amides is 2. The molecule has 148 valence electrons. The number of hydrogen-bond acceptors (Lipinski definition) is 4. The molecule has 0 spiro atoms. The van der Waals surface area contributed by atoms with Gasteiger partial charge >= 0.3 is 5.97 Å². The summed E-state index contributed by atoms with van der Waals surface area (Å²) in [7, 11) is 1.39. The topological polar surface area (TPSA) is 75.7 Å². The minimum atomic E-state index is -0.563. The lowest BCUT2D eigenvalue weighted by atomic mass is 9.95. The Morgan fingerprint density at radius 2 is 1.81 bits per heavy atom. The van der Waals surface area contributed by atoms with Crippen LogP contribution in [0.2, 0.25) is 0 Å². The first kappa shape index (κ1) is 20.9. The van der Waals surface area contributed by atoms with Crippen molar-refractivity contribution in [1.82, 2.24) is 10.2 Å². The Morgan fingerprint density at radius 3 is 2.37 bits per heavy atom. The van der Waals surface area contributed by atoms with Crippen molar-refractivity contribution in [2.75, 3.05) is 20.2 Å². The molecule has 27 heavy (non-hydrogen) atoms. The van der Waals surface area contributed by atoms with E-state index in [9.17, 15) is 14.4 Å². The number of benzene rings is 1. The third-order valence-electron chi connectivity index (χ3n) is 5.04. The molecule has 1 heterocycles. The Morgan fingerprint density at radius 1 is 1.19 bits per heavy atom. The van der Waals surface area contributed by atoms with Gasteiger partial charge in [-0.2, -0.15) is 0 Å². The number of methoxy groups -OCH3 is 1. The fraction of sp³-hybridized carbons (Fsp3) is 0.571. The van der Waals surface area contributed by atoms with Crippen LogP contribution in [-0.4, -0.2) is 48.9 Å². The number of aryl methyl sites for hydroxylation is 1. The van der Waals surface area contributed by atoms with Crippen molar-refractivity contribution in [2.45, 2.75) is 46.1 Å². The minimum Gasteiger partial charge on any atom is -0.469 e. The average molecular weight is 374 g/mol. The third-order valence-corrected chi connectivity index (χ3v) is 5.04. The van der Waals surface area contributed by atoms with Gasteiger partial charge in [-0.05, 0) is 43.7 Å². The highest BCUT2D eigenvalue weighted by Crippen LogP contribution is 2.20. The number of nitrogens with one attached hydrogen (secondary N) is 1. The van der Waals surface area contributed by atoms with Crippen LogP contribution in [0, 0.1) is 18.8 Å². The summed E-state index contributed by atoms with van der Waals surface area (Å²) in [4.78, 5) is 39.1. The lowest BCUT2D eigenvalue weighted by Gasteiger charge is -2.34. The molecule has 0 radical (unpaired) electrons. The predicted molar refractivity (Wildman–Crippen MR) is 103 cm³/mol. The van der Waals surface area contributed by atoms with E-state index in [0.29, 0.717) is 37.9 Å². The number of ether oxygens (including phenoxy) is 1. The number of likely N-dealkylation sites (tertiary alicyclic amines) is 1. The lowest BCUT2D eigenvalue weighted by molar-refractivity contribution is -0.149. The van der Waals surface area contributed by atoms with Crippen molar-refractivity contribution in [3.05, 3.63) is 35.4 Å². The molecule has 0 aromatic heterocycles. The number of esters is 1. The van der Waals surface area contributed by atoms with Crippen LogP contribution in [0.1, 0.15) is 49.0 Å². The molecule has 0 bridgehead atoms. The molecule has 2 rings (SSSR count). The van der Waals surface area contributed by atoms with Crippen molar-refractivity contribution in [2.24, 2.45) is 11.8 Å². The first-order valence-electron chi connectivity index (χ1n) is 9.56. The first-order valence-corrected chi connectivity index (χ1v) is 9.56. The zero-order chi connectivity index (χ0) is 20.0. The summed E-state index contributed by atoms with van der Waals surface area (Å²) in [6.45, 7) is 6.96. The minimum absolute atomic E-state index is 0.0750. The van der Waals surface area contributed by atoms with Crippen molar-refractivity contribution in [3.8, 4) is 0 Å². The molecular formula is C21H30N2O4. The van der Waals surface area contributed by atoms with E-state index in [2.05, 4.69) is 5.32 Å². The van der Waals surface area contributed by atoms with Crippen LogP contribution < -0.4 is 5.32 Å². The van der Waals surface area contributed by atoms with Gasteiger partial charge in [-0.1, -0.05) is 32.0 Å². The lowest BCUT2D eigenvalue weighted by Crippen LogP contribution is -2.51. The highest BCUT2D eigenvalue weighted by atomic mass is 16.5. The molecule has 6 nitrogen and oxygen atoms in total. The van der Waals surface area contributed by atoms with Gasteiger partial charge in [-0.25, -0.2) is 0 Å². The first-order chi connectivity index (χ1) is 12.8. The Bertz CT molecular complexity index is 679. The molecule has 6 heteroatoms. The standard InChI is InChI=1S/C21H30N2O4/c1-14(2)13-18(22-19(24)17-8-6-5-7-15(17)3)20(25)23-11-9-16(10-12-23)21(26)27-4/h5-8,14,16,18H,9-13H2,1-4H3,(H,22,24). The summed E-state index contributed by atoms with van der Waals surface area (Å²) in [6.07, 6.45) is 1.77. The monoisotopic (exact) mass is 374 g/mol. The van der Waals surface area contributed by atoms with E-state index in [4.69, 9.17) is 4.74 Å². The maximum atomic E-state index is 13.0.